The minimum atomic E-state index is -0.298. The second-order valence-corrected chi connectivity index (χ2v) is 8.66. The average molecular weight is 494 g/mol. The highest BCUT2D eigenvalue weighted by molar-refractivity contribution is 5.96. The summed E-state index contributed by atoms with van der Waals surface area (Å²) in [6.45, 7) is 5.57. The number of amides is 1. The molecule has 0 aliphatic carbocycles. The molecule has 0 saturated carbocycles. The highest BCUT2D eigenvalue weighted by Crippen LogP contribution is 2.24. The second kappa shape index (κ2) is 11.1. The summed E-state index contributed by atoms with van der Waals surface area (Å²) in [5.41, 5.74) is 7.90. The zero-order chi connectivity index (χ0) is 24.2. The zero-order valence-electron chi connectivity index (χ0n) is 20.1. The van der Waals surface area contributed by atoms with Crippen LogP contribution in [-0.4, -0.2) is 73.0 Å². The number of nitrogen functional groups attached to an aromatic ring is 1. The minimum absolute atomic E-state index is 0. The maximum atomic E-state index is 12.3. The molecule has 0 unspecified atom stereocenters. The summed E-state index contributed by atoms with van der Waals surface area (Å²) in [7, 11) is 0. The van der Waals surface area contributed by atoms with Crippen LogP contribution in [-0.2, 0) is 6.54 Å². The van der Waals surface area contributed by atoms with Gasteiger partial charge in [-0.15, -0.1) is 0 Å². The molecule has 1 amide bonds. The number of imidazole rings is 1. The lowest BCUT2D eigenvalue weighted by Crippen LogP contribution is -2.43. The third-order valence-corrected chi connectivity index (χ3v) is 6.21. The molecule has 1 aliphatic heterocycles. The van der Waals surface area contributed by atoms with E-state index in [0.717, 1.165) is 55.2 Å². The Kier molecular flexibility index (Phi) is 7.76. The van der Waals surface area contributed by atoms with Crippen molar-refractivity contribution < 1.29 is 14.7 Å². The molecular formula is C24H31N9O3. The molecular weight excluding hydrogens is 462 g/mol. The number of nitrogens with two attached hydrogens (primary N) is 1. The van der Waals surface area contributed by atoms with Gasteiger partial charge in [0.25, 0.3) is 5.91 Å². The number of carbonyl (C=O) groups excluding carboxylic acids is 1. The van der Waals surface area contributed by atoms with E-state index in [4.69, 9.17) is 15.1 Å². The van der Waals surface area contributed by atoms with Gasteiger partial charge in [-0.2, -0.15) is 0 Å². The van der Waals surface area contributed by atoms with E-state index in [9.17, 15) is 4.79 Å². The third kappa shape index (κ3) is 5.61. The number of carbonyl (C=O) groups is 1. The number of hydrogen-bond acceptors (Lipinski definition) is 9. The largest absolute Gasteiger partial charge is 0.444 e. The van der Waals surface area contributed by atoms with Crippen molar-refractivity contribution in [1.82, 2.24) is 34.7 Å². The van der Waals surface area contributed by atoms with Crippen molar-refractivity contribution in [2.45, 2.75) is 32.4 Å². The van der Waals surface area contributed by atoms with Crippen LogP contribution in [0, 0.1) is 6.92 Å². The lowest BCUT2D eigenvalue weighted by molar-refractivity contribution is 0.0941. The molecule has 4 aromatic rings. The molecule has 190 valence electrons. The van der Waals surface area contributed by atoms with Crippen molar-refractivity contribution in [3.05, 3.63) is 60.2 Å². The van der Waals surface area contributed by atoms with Gasteiger partial charge in [0.05, 0.1) is 23.8 Å². The van der Waals surface area contributed by atoms with Crippen molar-refractivity contribution in [1.29, 1.82) is 0 Å². The normalized spacial score (nSPS) is 14.5. The number of hydrogen-bond donors (Lipinski definition) is 3. The van der Waals surface area contributed by atoms with Gasteiger partial charge in [0, 0.05) is 51.5 Å². The Morgan fingerprint density at radius 3 is 2.69 bits per heavy atom. The van der Waals surface area contributed by atoms with Crippen LogP contribution in [0.1, 0.15) is 35.0 Å². The standard InChI is InChI=1S/C24H29N9O2.H2O/c1-16-29-14-18(35-16)15-33-20-5-3-2-4-19(20)31-24(33)30-17-6-11-32(12-7-17)13-10-28-23(34)21-22(25)27-9-8-26-21;/h2-5,8-9,14,17H,6-7,10-13,15H2,1H3,(H2,25,27)(H,28,34)(H,30,31);1H2. The Morgan fingerprint density at radius 2 is 1.94 bits per heavy atom. The summed E-state index contributed by atoms with van der Waals surface area (Å²) in [4.78, 5) is 31.6. The molecule has 1 aliphatic rings. The molecule has 0 atom stereocenters. The first-order valence-electron chi connectivity index (χ1n) is 11.8. The third-order valence-electron chi connectivity index (χ3n) is 6.21. The average Bonchev–Trinajstić information content (AvgIpc) is 3.43. The van der Waals surface area contributed by atoms with E-state index in [2.05, 4.69) is 41.1 Å². The summed E-state index contributed by atoms with van der Waals surface area (Å²) < 4.78 is 7.86. The molecule has 3 aromatic heterocycles. The number of nitrogens with one attached hydrogen (secondary N) is 2. The van der Waals surface area contributed by atoms with Crippen LogP contribution in [0.15, 0.2) is 47.3 Å². The van der Waals surface area contributed by atoms with Crippen LogP contribution >= 0.6 is 0 Å². The van der Waals surface area contributed by atoms with Crippen LogP contribution in [0.4, 0.5) is 11.8 Å². The van der Waals surface area contributed by atoms with Crippen LogP contribution < -0.4 is 16.4 Å². The molecule has 6 N–H and O–H groups in total. The van der Waals surface area contributed by atoms with Crippen LogP contribution in [0.25, 0.3) is 11.0 Å². The number of para-hydroxylation sites is 2. The molecule has 5 rings (SSSR count). The van der Waals surface area contributed by atoms with E-state index < -0.39 is 0 Å². The Hall–Kier alpha value is -4.03. The van der Waals surface area contributed by atoms with Gasteiger partial charge < -0.3 is 35.7 Å². The Balaban J connectivity index is 0.00000304. The van der Waals surface area contributed by atoms with Crippen molar-refractivity contribution in [2.75, 3.05) is 37.2 Å². The van der Waals surface area contributed by atoms with Gasteiger partial charge in [0.1, 0.15) is 5.76 Å². The number of anilines is 2. The van der Waals surface area contributed by atoms with Gasteiger partial charge in [0.2, 0.25) is 5.95 Å². The lowest BCUT2D eigenvalue weighted by atomic mass is 10.1. The molecule has 1 fully saturated rings. The van der Waals surface area contributed by atoms with Crippen molar-refractivity contribution >= 4 is 28.7 Å². The topological polar surface area (TPSA) is 172 Å². The van der Waals surface area contributed by atoms with Gasteiger partial charge >= 0.3 is 0 Å². The number of oxazole rings is 1. The number of benzene rings is 1. The van der Waals surface area contributed by atoms with Gasteiger partial charge in [-0.3, -0.25) is 4.79 Å². The first kappa shape index (κ1) is 25.1. The molecule has 0 spiro atoms. The number of fused-ring (bicyclic) bond motifs is 1. The van der Waals surface area contributed by atoms with Gasteiger partial charge in [-0.05, 0) is 25.0 Å². The highest BCUT2D eigenvalue weighted by atomic mass is 16.4. The van der Waals surface area contributed by atoms with Gasteiger partial charge in [0.15, 0.2) is 17.4 Å². The molecule has 36 heavy (non-hydrogen) atoms. The van der Waals surface area contributed by atoms with E-state index in [0.29, 0.717) is 25.0 Å². The molecule has 0 bridgehead atoms. The summed E-state index contributed by atoms with van der Waals surface area (Å²) >= 11 is 0. The van der Waals surface area contributed by atoms with Crippen LogP contribution in [0.2, 0.25) is 0 Å². The molecule has 12 nitrogen and oxygen atoms in total. The molecule has 1 aromatic carbocycles. The number of aryl methyl sites for hydroxylation is 1. The minimum Gasteiger partial charge on any atom is -0.444 e. The van der Waals surface area contributed by atoms with Crippen LogP contribution in [0.5, 0.6) is 0 Å². The fourth-order valence-electron chi connectivity index (χ4n) is 4.40. The first-order chi connectivity index (χ1) is 17.1. The Labute approximate surface area is 208 Å². The van der Waals surface area contributed by atoms with E-state index in [1.54, 1.807) is 6.20 Å². The van der Waals surface area contributed by atoms with Crippen molar-refractivity contribution in [2.24, 2.45) is 0 Å². The monoisotopic (exact) mass is 493 g/mol. The number of nitrogens with zero attached hydrogens (tertiary/aromatic N) is 6. The summed E-state index contributed by atoms with van der Waals surface area (Å²) in [6.07, 6.45) is 6.66. The molecule has 4 heterocycles. The maximum absolute atomic E-state index is 12.3. The first-order valence-corrected chi connectivity index (χ1v) is 11.8. The second-order valence-electron chi connectivity index (χ2n) is 8.66. The van der Waals surface area contributed by atoms with E-state index in [1.807, 2.05) is 25.1 Å². The van der Waals surface area contributed by atoms with Crippen molar-refractivity contribution in [3.8, 4) is 0 Å². The van der Waals surface area contributed by atoms with Crippen molar-refractivity contribution in [3.63, 3.8) is 0 Å². The zero-order valence-corrected chi connectivity index (χ0v) is 20.1. The molecule has 1 saturated heterocycles. The highest BCUT2D eigenvalue weighted by Gasteiger charge is 2.22. The maximum Gasteiger partial charge on any atom is 0.273 e. The quantitative estimate of drug-likeness (QED) is 0.326. The van der Waals surface area contributed by atoms with E-state index in [-0.39, 0.29) is 22.9 Å². The number of likely N-dealkylation sites (tertiary alicyclic amines) is 1. The number of piperidine rings is 1. The molecule has 12 heteroatoms. The number of aromatic nitrogens is 5. The van der Waals surface area contributed by atoms with E-state index in [1.165, 1.54) is 12.4 Å². The SMILES string of the molecule is Cc1ncc(Cn2c(NC3CCN(CCNC(=O)c4nccnc4N)CC3)nc3ccccc32)o1.O. The summed E-state index contributed by atoms with van der Waals surface area (Å²) in [6, 6.07) is 8.42. The summed E-state index contributed by atoms with van der Waals surface area (Å²) in [5, 5.41) is 6.53. The van der Waals surface area contributed by atoms with E-state index >= 15 is 0 Å². The fraction of sp³-hybridized carbons (Fsp3) is 0.375. The lowest BCUT2D eigenvalue weighted by Gasteiger charge is -2.32. The Bertz CT molecular complexity index is 1310. The fourth-order valence-corrected chi connectivity index (χ4v) is 4.40. The smallest absolute Gasteiger partial charge is 0.273 e. The predicted molar refractivity (Wildman–Crippen MR) is 136 cm³/mol. The molecule has 0 radical (unpaired) electrons. The number of rotatable bonds is 8. The van der Waals surface area contributed by atoms with Gasteiger partial charge in [-0.1, -0.05) is 12.1 Å². The summed E-state index contributed by atoms with van der Waals surface area (Å²) in [5.74, 6) is 2.14. The Morgan fingerprint density at radius 1 is 1.17 bits per heavy atom. The van der Waals surface area contributed by atoms with Crippen LogP contribution in [0.3, 0.4) is 0 Å². The van der Waals surface area contributed by atoms with Gasteiger partial charge in [-0.25, -0.2) is 19.9 Å². The predicted octanol–water partition coefficient (Wildman–Crippen LogP) is 1.23.